The van der Waals surface area contributed by atoms with Crippen molar-refractivity contribution in [2.75, 3.05) is 11.5 Å². The van der Waals surface area contributed by atoms with Crippen molar-refractivity contribution >= 4 is 31.5 Å². The lowest BCUT2D eigenvalue weighted by Gasteiger charge is -2.32. The van der Waals surface area contributed by atoms with Gasteiger partial charge in [0, 0.05) is 23.1 Å². The van der Waals surface area contributed by atoms with Crippen LogP contribution in [0, 0.1) is 19.3 Å². The molecule has 0 atom stereocenters. The van der Waals surface area contributed by atoms with E-state index >= 15 is 0 Å². The average Bonchev–Trinajstić information content (AvgIpc) is 3.07. The van der Waals surface area contributed by atoms with Crippen LogP contribution in [-0.4, -0.2) is 49.7 Å². The summed E-state index contributed by atoms with van der Waals surface area (Å²) in [5, 5.41) is 4.07. The van der Waals surface area contributed by atoms with Crippen molar-refractivity contribution in [3.8, 4) is 5.88 Å². The van der Waals surface area contributed by atoms with Gasteiger partial charge >= 0.3 is 10.1 Å². The molecule has 180 valence electrons. The fourth-order valence-electron chi connectivity index (χ4n) is 4.15. The third-order valence-corrected chi connectivity index (χ3v) is 9.24. The highest BCUT2D eigenvalue weighted by Crippen LogP contribution is 2.40. The number of nitrogens with zero attached hydrogens (tertiary/aromatic N) is 2. The number of sulfone groups is 1. The number of carbonyl (C=O) groups is 2. The first-order valence-corrected chi connectivity index (χ1v) is 13.8. The van der Waals surface area contributed by atoms with E-state index in [1.54, 1.807) is 27.7 Å². The number of hydrogen-bond acceptors (Lipinski definition) is 8. The van der Waals surface area contributed by atoms with Crippen LogP contribution in [0.3, 0.4) is 0 Å². The lowest BCUT2D eigenvalue weighted by atomic mass is 9.81. The fourth-order valence-corrected chi connectivity index (χ4v) is 7.49. The van der Waals surface area contributed by atoms with E-state index in [2.05, 4.69) is 5.10 Å². The summed E-state index contributed by atoms with van der Waals surface area (Å²) >= 11 is 0. The lowest BCUT2D eigenvalue weighted by Crippen LogP contribution is -2.39. The van der Waals surface area contributed by atoms with Gasteiger partial charge in [0.25, 0.3) is 0 Å². The first-order valence-electron chi connectivity index (χ1n) is 10.6. The molecule has 0 unspecified atom stereocenters. The summed E-state index contributed by atoms with van der Waals surface area (Å²) in [5.41, 5.74) is -0.593. The van der Waals surface area contributed by atoms with Gasteiger partial charge in [-0.2, -0.15) is 13.5 Å². The Morgan fingerprint density at radius 2 is 1.85 bits per heavy atom. The summed E-state index contributed by atoms with van der Waals surface area (Å²) < 4.78 is 57.0. The number of fused-ring (bicyclic) bond motifs is 1. The van der Waals surface area contributed by atoms with Gasteiger partial charge in [-0.25, -0.2) is 13.1 Å². The summed E-state index contributed by atoms with van der Waals surface area (Å²) in [4.78, 5) is 26.7. The van der Waals surface area contributed by atoms with Crippen LogP contribution < -0.4 is 4.18 Å². The van der Waals surface area contributed by atoms with Gasteiger partial charge in [0.15, 0.2) is 21.4 Å². The Labute approximate surface area is 194 Å². The van der Waals surface area contributed by atoms with Crippen molar-refractivity contribution in [1.82, 2.24) is 9.78 Å². The molecule has 0 saturated heterocycles. The van der Waals surface area contributed by atoms with Crippen LogP contribution in [0.25, 0.3) is 0 Å². The van der Waals surface area contributed by atoms with Crippen LogP contribution in [0.1, 0.15) is 71.5 Å². The quantitative estimate of drug-likeness (QED) is 0.423. The lowest BCUT2D eigenvalue weighted by molar-refractivity contribution is 0.0851. The van der Waals surface area contributed by atoms with Gasteiger partial charge in [-0.3, -0.25) is 9.59 Å². The SMILES string of the molecule is CCCS(=O)(=O)Oc1c(C(=O)c2cc(C)c3c(c2C)C(=O)C(C)(C)CS3(=O)=O)cnn1CC. The summed E-state index contributed by atoms with van der Waals surface area (Å²) in [6.07, 6.45) is 1.56. The van der Waals surface area contributed by atoms with Gasteiger partial charge in [0.05, 0.1) is 22.6 Å². The number of Topliss-reactive ketones (excluding diaryl/α,β-unsaturated/α-hetero) is 1. The summed E-state index contributed by atoms with van der Waals surface area (Å²) in [6, 6.07) is 1.42. The minimum absolute atomic E-state index is 0.0126. The van der Waals surface area contributed by atoms with Gasteiger partial charge < -0.3 is 4.18 Å². The zero-order valence-electron chi connectivity index (χ0n) is 19.6. The second-order valence-electron chi connectivity index (χ2n) is 8.90. The molecule has 0 aliphatic carbocycles. The highest BCUT2D eigenvalue weighted by atomic mass is 32.2. The molecule has 0 N–H and O–H groups in total. The van der Waals surface area contributed by atoms with E-state index in [0.717, 1.165) is 0 Å². The molecule has 0 bridgehead atoms. The van der Waals surface area contributed by atoms with Gasteiger partial charge in [0.2, 0.25) is 5.88 Å². The Bertz CT molecular complexity index is 1370. The minimum Gasteiger partial charge on any atom is -0.361 e. The van der Waals surface area contributed by atoms with E-state index in [1.807, 2.05) is 0 Å². The van der Waals surface area contributed by atoms with Crippen molar-refractivity contribution in [2.45, 2.75) is 59.4 Å². The molecule has 9 nitrogen and oxygen atoms in total. The van der Waals surface area contributed by atoms with Crippen LogP contribution in [0.4, 0.5) is 0 Å². The maximum Gasteiger partial charge on any atom is 0.310 e. The van der Waals surface area contributed by atoms with Crippen LogP contribution in [-0.2, 0) is 26.5 Å². The molecule has 11 heteroatoms. The normalized spacial score (nSPS) is 17.0. The largest absolute Gasteiger partial charge is 0.361 e. The predicted octanol–water partition coefficient (Wildman–Crippen LogP) is 2.87. The first kappa shape index (κ1) is 25.1. The third-order valence-electron chi connectivity index (χ3n) is 5.67. The van der Waals surface area contributed by atoms with E-state index in [4.69, 9.17) is 4.18 Å². The Morgan fingerprint density at radius 3 is 2.42 bits per heavy atom. The van der Waals surface area contributed by atoms with E-state index < -0.39 is 31.2 Å². The van der Waals surface area contributed by atoms with Crippen LogP contribution >= 0.6 is 0 Å². The molecule has 2 aromatic rings. The van der Waals surface area contributed by atoms with E-state index in [1.165, 1.54) is 30.8 Å². The maximum atomic E-state index is 13.5. The van der Waals surface area contributed by atoms with Gasteiger partial charge in [-0.05, 0) is 44.4 Å². The van der Waals surface area contributed by atoms with Gasteiger partial charge in [-0.1, -0.05) is 20.8 Å². The van der Waals surface area contributed by atoms with E-state index in [-0.39, 0.29) is 62.4 Å². The van der Waals surface area contributed by atoms with E-state index in [0.29, 0.717) is 6.42 Å². The monoisotopic (exact) mass is 496 g/mol. The van der Waals surface area contributed by atoms with Crippen LogP contribution in [0.5, 0.6) is 5.88 Å². The van der Waals surface area contributed by atoms with Crippen molar-refractivity contribution in [3.63, 3.8) is 0 Å². The van der Waals surface area contributed by atoms with E-state index in [9.17, 15) is 26.4 Å². The van der Waals surface area contributed by atoms with Crippen LogP contribution in [0.15, 0.2) is 17.2 Å². The zero-order chi connectivity index (χ0) is 24.9. The summed E-state index contributed by atoms with van der Waals surface area (Å²) in [5.74, 6) is -1.70. The molecule has 0 saturated carbocycles. The Balaban J connectivity index is 2.22. The molecule has 1 aromatic heterocycles. The molecular weight excluding hydrogens is 468 g/mol. The molecule has 0 spiro atoms. The number of benzene rings is 1. The first-order chi connectivity index (χ1) is 15.2. The summed E-state index contributed by atoms with van der Waals surface area (Å²) in [6.45, 7) is 9.87. The number of carbonyl (C=O) groups excluding carboxylic acids is 2. The number of hydrogen-bond donors (Lipinski definition) is 0. The maximum absolute atomic E-state index is 13.5. The smallest absolute Gasteiger partial charge is 0.310 e. The molecule has 2 heterocycles. The topological polar surface area (TPSA) is 129 Å². The standard InChI is InChI=1S/C22H28N2O7S2/c1-7-9-33(29,30)31-21-16(11-23-24(21)8-2)18(25)15-10-13(3)19-17(14(15)4)20(26)22(5,6)12-32(19,27)28/h10-11H,7-9,12H2,1-6H3. The molecule has 3 rings (SSSR count). The number of ketones is 2. The molecule has 0 fully saturated rings. The van der Waals surface area contributed by atoms with Crippen LogP contribution in [0.2, 0.25) is 0 Å². The Kier molecular flexibility index (Phi) is 6.35. The van der Waals surface area contributed by atoms with Crippen molar-refractivity contribution in [1.29, 1.82) is 0 Å². The highest BCUT2D eigenvalue weighted by molar-refractivity contribution is 7.91. The predicted molar refractivity (Wildman–Crippen MR) is 122 cm³/mol. The second-order valence-corrected chi connectivity index (χ2v) is 12.5. The molecule has 0 radical (unpaired) electrons. The van der Waals surface area contributed by atoms with Gasteiger partial charge in [0.1, 0.15) is 5.56 Å². The highest BCUT2D eigenvalue weighted by Gasteiger charge is 2.45. The summed E-state index contributed by atoms with van der Waals surface area (Å²) in [7, 11) is -7.68. The second kappa shape index (κ2) is 8.35. The van der Waals surface area contributed by atoms with Crippen molar-refractivity contribution in [3.05, 3.63) is 40.1 Å². The zero-order valence-corrected chi connectivity index (χ0v) is 21.2. The number of aromatic nitrogens is 2. The Morgan fingerprint density at radius 1 is 1.21 bits per heavy atom. The molecular formula is C22H28N2O7S2. The van der Waals surface area contributed by atoms with Gasteiger partial charge in [-0.15, -0.1) is 0 Å². The fraction of sp³-hybridized carbons (Fsp3) is 0.500. The molecule has 1 aliphatic heterocycles. The molecule has 1 aromatic carbocycles. The number of aryl methyl sites for hydroxylation is 2. The molecule has 33 heavy (non-hydrogen) atoms. The average molecular weight is 497 g/mol. The minimum atomic E-state index is -3.94. The molecule has 1 aliphatic rings. The number of rotatable bonds is 7. The third kappa shape index (κ3) is 4.35. The molecule has 0 amide bonds. The Hall–Kier alpha value is -2.53. The van der Waals surface area contributed by atoms with Crippen molar-refractivity contribution in [2.24, 2.45) is 5.41 Å². The van der Waals surface area contributed by atoms with Crippen molar-refractivity contribution < 1.29 is 30.6 Å².